The molecule has 0 saturated heterocycles. The first-order chi connectivity index (χ1) is 12.6. The fourth-order valence-electron chi connectivity index (χ4n) is 3.27. The van der Waals surface area contributed by atoms with Gasteiger partial charge in [-0.05, 0) is 42.7 Å². The van der Waals surface area contributed by atoms with Gasteiger partial charge < -0.3 is 9.67 Å². The quantitative estimate of drug-likeness (QED) is 0.605. The first kappa shape index (κ1) is 16.5. The molecule has 0 radical (unpaired) electrons. The highest BCUT2D eigenvalue weighted by molar-refractivity contribution is 5.71. The van der Waals surface area contributed by atoms with E-state index in [1.807, 2.05) is 47.0 Å². The number of aromatic nitrogens is 3. The van der Waals surface area contributed by atoms with E-state index < -0.39 is 6.10 Å². The Kier molecular flexibility index (Phi) is 4.27. The van der Waals surface area contributed by atoms with Crippen LogP contribution in [0.4, 0.5) is 0 Å². The van der Waals surface area contributed by atoms with Crippen molar-refractivity contribution in [2.75, 3.05) is 0 Å². The Morgan fingerprint density at radius 3 is 2.62 bits per heavy atom. The van der Waals surface area contributed by atoms with Gasteiger partial charge in [-0.1, -0.05) is 54.1 Å². The molecule has 4 aromatic rings. The van der Waals surface area contributed by atoms with Gasteiger partial charge in [0.1, 0.15) is 17.4 Å². The van der Waals surface area contributed by atoms with Crippen LogP contribution < -0.4 is 0 Å². The molecule has 4 nitrogen and oxygen atoms in total. The first-order valence-electron chi connectivity index (χ1n) is 8.74. The largest absolute Gasteiger partial charge is 0.380 e. The van der Waals surface area contributed by atoms with Crippen molar-refractivity contribution in [1.82, 2.24) is 14.5 Å². The van der Waals surface area contributed by atoms with Crippen LogP contribution >= 0.6 is 0 Å². The number of benzene rings is 2. The van der Waals surface area contributed by atoms with Crippen molar-refractivity contribution in [2.24, 2.45) is 0 Å². The molecule has 0 aliphatic rings. The molecule has 4 rings (SSSR count). The molecule has 130 valence electrons. The Bertz CT molecular complexity index is 1050. The number of aryl methyl sites for hydroxylation is 2. The monoisotopic (exact) mass is 343 g/mol. The number of rotatable bonds is 4. The lowest BCUT2D eigenvalue weighted by molar-refractivity contribution is 0.206. The van der Waals surface area contributed by atoms with Crippen LogP contribution in [-0.4, -0.2) is 19.6 Å². The molecule has 26 heavy (non-hydrogen) atoms. The topological polar surface area (TPSA) is 50.9 Å². The van der Waals surface area contributed by atoms with Gasteiger partial charge in [0, 0.05) is 6.20 Å². The third kappa shape index (κ3) is 3.00. The maximum Gasteiger partial charge on any atom is 0.160 e. The molecule has 1 N–H and O–H groups in total. The van der Waals surface area contributed by atoms with Crippen molar-refractivity contribution in [1.29, 1.82) is 0 Å². The molecule has 0 aliphatic heterocycles. The molecule has 0 bridgehead atoms. The van der Waals surface area contributed by atoms with Crippen LogP contribution in [0.15, 0.2) is 66.9 Å². The minimum Gasteiger partial charge on any atom is -0.380 e. The molecular formula is C22H21N3O. The zero-order valence-electron chi connectivity index (χ0n) is 14.9. The summed E-state index contributed by atoms with van der Waals surface area (Å²) in [5.74, 6) is 0.616. The second-order valence-electron chi connectivity index (χ2n) is 6.65. The van der Waals surface area contributed by atoms with Crippen molar-refractivity contribution in [3.63, 3.8) is 0 Å². The number of hydrogen-bond donors (Lipinski definition) is 1. The standard InChI is InChI=1S/C22H21N3O/c1-15-10-11-16(2)18(13-15)14-25-21-19(9-6-12-23-21)24-22(25)20(26)17-7-4-3-5-8-17/h3-13,20,26H,14H2,1-2H3. The summed E-state index contributed by atoms with van der Waals surface area (Å²) in [6.45, 7) is 4.82. The fourth-order valence-corrected chi connectivity index (χ4v) is 3.27. The van der Waals surface area contributed by atoms with E-state index in [0.717, 1.165) is 16.7 Å². The molecule has 1 atom stereocenters. The predicted octanol–water partition coefficient (Wildman–Crippen LogP) is 4.18. The van der Waals surface area contributed by atoms with E-state index in [-0.39, 0.29) is 0 Å². The number of aliphatic hydroxyl groups excluding tert-OH is 1. The van der Waals surface area contributed by atoms with Crippen LogP contribution in [0.1, 0.15) is 34.2 Å². The third-order valence-electron chi connectivity index (χ3n) is 4.73. The van der Waals surface area contributed by atoms with Crippen molar-refractivity contribution in [2.45, 2.75) is 26.5 Å². The van der Waals surface area contributed by atoms with Gasteiger partial charge in [-0.2, -0.15) is 0 Å². The highest BCUT2D eigenvalue weighted by atomic mass is 16.3. The van der Waals surface area contributed by atoms with Gasteiger partial charge in [0.05, 0.1) is 6.54 Å². The fraction of sp³-hybridized carbons (Fsp3) is 0.182. The summed E-state index contributed by atoms with van der Waals surface area (Å²) in [5, 5.41) is 11.0. The molecule has 0 spiro atoms. The van der Waals surface area contributed by atoms with E-state index in [2.05, 4.69) is 42.0 Å². The normalized spacial score (nSPS) is 12.4. The average molecular weight is 343 g/mol. The van der Waals surface area contributed by atoms with E-state index >= 15 is 0 Å². The van der Waals surface area contributed by atoms with Crippen LogP contribution in [-0.2, 0) is 6.54 Å². The van der Waals surface area contributed by atoms with Gasteiger partial charge in [0.15, 0.2) is 5.65 Å². The van der Waals surface area contributed by atoms with Crippen LogP contribution in [0.3, 0.4) is 0 Å². The highest BCUT2D eigenvalue weighted by Crippen LogP contribution is 2.26. The zero-order chi connectivity index (χ0) is 18.1. The molecule has 2 aromatic carbocycles. The van der Waals surface area contributed by atoms with Gasteiger partial charge in [-0.25, -0.2) is 9.97 Å². The Morgan fingerprint density at radius 1 is 1.00 bits per heavy atom. The summed E-state index contributed by atoms with van der Waals surface area (Å²) in [4.78, 5) is 9.20. The van der Waals surface area contributed by atoms with E-state index in [1.54, 1.807) is 6.20 Å². The lowest BCUT2D eigenvalue weighted by atomic mass is 10.1. The molecule has 0 aliphatic carbocycles. The first-order valence-corrected chi connectivity index (χ1v) is 8.74. The molecule has 4 heteroatoms. The lowest BCUT2D eigenvalue weighted by Crippen LogP contribution is -2.12. The summed E-state index contributed by atoms with van der Waals surface area (Å²) in [7, 11) is 0. The third-order valence-corrected chi connectivity index (χ3v) is 4.73. The molecule has 2 aromatic heterocycles. The van der Waals surface area contributed by atoms with Gasteiger partial charge in [0.25, 0.3) is 0 Å². The summed E-state index contributed by atoms with van der Waals surface area (Å²) < 4.78 is 2.02. The van der Waals surface area contributed by atoms with Crippen molar-refractivity contribution >= 4 is 11.2 Å². The van der Waals surface area contributed by atoms with Gasteiger partial charge in [0.2, 0.25) is 0 Å². The Balaban J connectivity index is 1.86. The van der Waals surface area contributed by atoms with Gasteiger partial charge in [-0.15, -0.1) is 0 Å². The highest BCUT2D eigenvalue weighted by Gasteiger charge is 2.20. The summed E-state index contributed by atoms with van der Waals surface area (Å²) in [6.07, 6.45) is 0.970. The minimum atomic E-state index is -0.796. The van der Waals surface area contributed by atoms with Gasteiger partial charge in [-0.3, -0.25) is 0 Å². The number of imidazole rings is 1. The summed E-state index contributed by atoms with van der Waals surface area (Å²) in [5.41, 5.74) is 6.05. The molecule has 0 amide bonds. The van der Waals surface area contributed by atoms with E-state index in [0.29, 0.717) is 12.4 Å². The molecule has 0 fully saturated rings. The second-order valence-corrected chi connectivity index (χ2v) is 6.65. The van der Waals surface area contributed by atoms with Crippen LogP contribution in [0.25, 0.3) is 11.2 Å². The maximum absolute atomic E-state index is 11.0. The number of pyridine rings is 1. The number of aliphatic hydroxyl groups is 1. The van der Waals surface area contributed by atoms with E-state index in [1.165, 1.54) is 16.7 Å². The molecule has 2 heterocycles. The molecule has 1 unspecified atom stereocenters. The van der Waals surface area contributed by atoms with Crippen molar-refractivity contribution in [3.8, 4) is 0 Å². The lowest BCUT2D eigenvalue weighted by Gasteiger charge is -2.15. The maximum atomic E-state index is 11.0. The minimum absolute atomic E-state index is 0.616. The second kappa shape index (κ2) is 6.73. The average Bonchev–Trinajstić information content (AvgIpc) is 3.03. The Morgan fingerprint density at radius 2 is 1.81 bits per heavy atom. The van der Waals surface area contributed by atoms with E-state index in [4.69, 9.17) is 0 Å². The number of fused-ring (bicyclic) bond motifs is 1. The summed E-state index contributed by atoms with van der Waals surface area (Å²) >= 11 is 0. The molecule has 0 saturated carbocycles. The van der Waals surface area contributed by atoms with Crippen LogP contribution in [0.5, 0.6) is 0 Å². The zero-order valence-corrected chi connectivity index (χ0v) is 14.9. The Hall–Kier alpha value is -2.98. The van der Waals surface area contributed by atoms with E-state index in [9.17, 15) is 5.11 Å². The predicted molar refractivity (Wildman–Crippen MR) is 103 cm³/mol. The molecular weight excluding hydrogens is 322 g/mol. The van der Waals surface area contributed by atoms with Gasteiger partial charge >= 0.3 is 0 Å². The number of hydrogen-bond acceptors (Lipinski definition) is 3. The smallest absolute Gasteiger partial charge is 0.160 e. The van der Waals surface area contributed by atoms with Crippen LogP contribution in [0.2, 0.25) is 0 Å². The number of nitrogens with zero attached hydrogens (tertiary/aromatic N) is 3. The Labute approximate surface area is 152 Å². The summed E-state index contributed by atoms with van der Waals surface area (Å²) in [6, 6.07) is 19.9. The van der Waals surface area contributed by atoms with Crippen LogP contribution in [0, 0.1) is 13.8 Å². The van der Waals surface area contributed by atoms with Crippen molar-refractivity contribution < 1.29 is 5.11 Å². The van der Waals surface area contributed by atoms with Crippen molar-refractivity contribution in [3.05, 3.63) is 94.9 Å². The SMILES string of the molecule is Cc1ccc(C)c(Cn2c(C(O)c3ccccc3)nc3cccnc32)c1.